The molecular weight excluding hydrogens is 262 g/mol. The highest BCUT2D eigenvalue weighted by Gasteiger charge is 2.36. The summed E-state index contributed by atoms with van der Waals surface area (Å²) in [4.78, 5) is 29.0. The highest BCUT2D eigenvalue weighted by Crippen LogP contribution is 2.20. The Morgan fingerprint density at radius 1 is 1.35 bits per heavy atom. The lowest BCUT2D eigenvalue weighted by atomic mass is 10.1. The molecule has 1 amide bonds. The smallest absolute Gasteiger partial charge is 0.287 e. The molecule has 2 aliphatic rings. The number of nitrogens with zero attached hydrogens (tertiary/aromatic N) is 3. The second-order valence-corrected chi connectivity index (χ2v) is 5.18. The first-order chi connectivity index (χ1) is 9.65. The second kappa shape index (κ2) is 5.22. The number of piperazine rings is 1. The Labute approximate surface area is 115 Å². The standard InChI is InChI=1S/C12H17N5O3/c18-12(11-5-9(6-14-11)17(19)20)16-7-10(8-16)15-3-1-13-2-4-15/h5-6,10,13-14H,1-4,7-8H2. The third-order valence-corrected chi connectivity index (χ3v) is 3.93. The fourth-order valence-electron chi connectivity index (χ4n) is 2.68. The van der Waals surface area contributed by atoms with E-state index in [0.717, 1.165) is 26.2 Å². The Kier molecular flexibility index (Phi) is 3.41. The van der Waals surface area contributed by atoms with Gasteiger partial charge in [-0.25, -0.2) is 0 Å². The summed E-state index contributed by atoms with van der Waals surface area (Å²) in [5.74, 6) is -0.163. The van der Waals surface area contributed by atoms with Crippen molar-refractivity contribution < 1.29 is 9.72 Å². The third-order valence-electron chi connectivity index (χ3n) is 3.93. The van der Waals surface area contributed by atoms with E-state index in [2.05, 4.69) is 15.2 Å². The highest BCUT2D eigenvalue weighted by molar-refractivity contribution is 5.93. The zero-order valence-electron chi connectivity index (χ0n) is 11.0. The summed E-state index contributed by atoms with van der Waals surface area (Å²) >= 11 is 0. The Balaban J connectivity index is 1.55. The first-order valence-electron chi connectivity index (χ1n) is 6.72. The molecule has 1 aromatic heterocycles. The van der Waals surface area contributed by atoms with Crippen LogP contribution in [0.1, 0.15) is 10.5 Å². The van der Waals surface area contributed by atoms with E-state index in [9.17, 15) is 14.9 Å². The van der Waals surface area contributed by atoms with E-state index in [1.807, 2.05) is 0 Å². The average molecular weight is 279 g/mol. The minimum Gasteiger partial charge on any atom is -0.351 e. The van der Waals surface area contributed by atoms with Crippen LogP contribution in [0, 0.1) is 10.1 Å². The quantitative estimate of drug-likeness (QED) is 0.582. The molecule has 0 spiro atoms. The second-order valence-electron chi connectivity index (χ2n) is 5.18. The number of H-pyrrole nitrogens is 1. The Morgan fingerprint density at radius 3 is 2.65 bits per heavy atom. The highest BCUT2D eigenvalue weighted by atomic mass is 16.6. The number of rotatable bonds is 3. The van der Waals surface area contributed by atoms with Crippen molar-refractivity contribution in [3.63, 3.8) is 0 Å². The lowest BCUT2D eigenvalue weighted by molar-refractivity contribution is -0.384. The number of likely N-dealkylation sites (tertiary alicyclic amines) is 1. The van der Waals surface area contributed by atoms with Crippen molar-refractivity contribution in [2.24, 2.45) is 0 Å². The van der Waals surface area contributed by atoms with Crippen LogP contribution in [0.15, 0.2) is 12.3 Å². The predicted octanol–water partition coefficient (Wildman–Crippen LogP) is -0.347. The van der Waals surface area contributed by atoms with E-state index < -0.39 is 4.92 Å². The van der Waals surface area contributed by atoms with Crippen LogP contribution in [0.3, 0.4) is 0 Å². The van der Waals surface area contributed by atoms with Crippen molar-refractivity contribution in [2.75, 3.05) is 39.3 Å². The van der Waals surface area contributed by atoms with Gasteiger partial charge in [-0.05, 0) is 0 Å². The SMILES string of the molecule is O=C(c1cc([N+](=O)[O-])c[nH]1)N1CC(N2CCNCC2)C1. The van der Waals surface area contributed by atoms with Crippen molar-refractivity contribution in [1.29, 1.82) is 0 Å². The largest absolute Gasteiger partial charge is 0.351 e. The molecule has 2 aliphatic heterocycles. The maximum Gasteiger partial charge on any atom is 0.287 e. The van der Waals surface area contributed by atoms with Crippen LogP contribution >= 0.6 is 0 Å². The van der Waals surface area contributed by atoms with E-state index in [0.29, 0.717) is 19.1 Å². The Bertz CT molecular complexity index is 517. The van der Waals surface area contributed by atoms with Gasteiger partial charge in [0.2, 0.25) is 0 Å². The van der Waals surface area contributed by atoms with Gasteiger partial charge in [0, 0.05) is 51.4 Å². The van der Waals surface area contributed by atoms with Crippen LogP contribution in [-0.2, 0) is 0 Å². The number of aromatic nitrogens is 1. The summed E-state index contributed by atoms with van der Waals surface area (Å²) in [6, 6.07) is 1.71. The number of carbonyl (C=O) groups excluding carboxylic acids is 1. The number of hydrogen-bond acceptors (Lipinski definition) is 5. The molecule has 0 atom stereocenters. The number of hydrogen-bond donors (Lipinski definition) is 2. The van der Waals surface area contributed by atoms with Gasteiger partial charge in [0.05, 0.1) is 11.1 Å². The van der Waals surface area contributed by atoms with Crippen LogP contribution in [0.4, 0.5) is 5.69 Å². The zero-order valence-corrected chi connectivity index (χ0v) is 11.0. The summed E-state index contributed by atoms with van der Waals surface area (Å²) in [6.07, 6.45) is 1.25. The lowest BCUT2D eigenvalue weighted by Crippen LogP contribution is -2.63. The molecule has 20 heavy (non-hydrogen) atoms. The van der Waals surface area contributed by atoms with Crippen molar-refractivity contribution >= 4 is 11.6 Å². The van der Waals surface area contributed by atoms with Gasteiger partial charge >= 0.3 is 0 Å². The summed E-state index contributed by atoms with van der Waals surface area (Å²) in [6.45, 7) is 5.42. The van der Waals surface area contributed by atoms with Crippen LogP contribution in [0.5, 0.6) is 0 Å². The van der Waals surface area contributed by atoms with E-state index in [4.69, 9.17) is 0 Å². The van der Waals surface area contributed by atoms with E-state index in [1.54, 1.807) is 4.90 Å². The summed E-state index contributed by atoms with van der Waals surface area (Å²) < 4.78 is 0. The van der Waals surface area contributed by atoms with Crippen molar-refractivity contribution in [1.82, 2.24) is 20.1 Å². The van der Waals surface area contributed by atoms with E-state index >= 15 is 0 Å². The number of aromatic amines is 1. The minimum absolute atomic E-state index is 0.0764. The van der Waals surface area contributed by atoms with Crippen LogP contribution in [-0.4, -0.2) is 70.9 Å². The third kappa shape index (κ3) is 2.39. The summed E-state index contributed by atoms with van der Waals surface area (Å²) in [7, 11) is 0. The first-order valence-corrected chi connectivity index (χ1v) is 6.72. The maximum absolute atomic E-state index is 12.1. The van der Waals surface area contributed by atoms with Gasteiger partial charge in [0.1, 0.15) is 5.69 Å². The van der Waals surface area contributed by atoms with Crippen molar-refractivity contribution in [3.8, 4) is 0 Å². The number of carbonyl (C=O) groups is 1. The molecule has 1 aromatic rings. The molecule has 0 unspecified atom stereocenters. The summed E-state index contributed by atoms with van der Waals surface area (Å²) in [5, 5.41) is 13.9. The molecule has 2 fully saturated rings. The zero-order chi connectivity index (χ0) is 14.1. The molecule has 3 rings (SSSR count). The van der Waals surface area contributed by atoms with Crippen LogP contribution in [0.2, 0.25) is 0 Å². The number of amides is 1. The van der Waals surface area contributed by atoms with E-state index in [-0.39, 0.29) is 17.3 Å². The number of nitrogens with one attached hydrogen (secondary N) is 2. The molecule has 0 aromatic carbocycles. The van der Waals surface area contributed by atoms with E-state index in [1.165, 1.54) is 12.3 Å². The van der Waals surface area contributed by atoms with Crippen LogP contribution < -0.4 is 5.32 Å². The molecule has 3 heterocycles. The molecule has 8 nitrogen and oxygen atoms in total. The molecule has 0 saturated carbocycles. The van der Waals surface area contributed by atoms with Gasteiger partial charge < -0.3 is 15.2 Å². The Morgan fingerprint density at radius 2 is 2.05 bits per heavy atom. The number of nitro groups is 1. The van der Waals surface area contributed by atoms with Gasteiger partial charge in [-0.3, -0.25) is 19.8 Å². The van der Waals surface area contributed by atoms with Gasteiger partial charge in [-0.1, -0.05) is 0 Å². The van der Waals surface area contributed by atoms with Crippen molar-refractivity contribution in [3.05, 3.63) is 28.1 Å². The topological polar surface area (TPSA) is 94.5 Å². The molecule has 2 N–H and O–H groups in total. The maximum atomic E-state index is 12.1. The molecule has 108 valence electrons. The molecule has 0 bridgehead atoms. The van der Waals surface area contributed by atoms with Crippen molar-refractivity contribution in [2.45, 2.75) is 6.04 Å². The monoisotopic (exact) mass is 279 g/mol. The predicted molar refractivity (Wildman–Crippen MR) is 71.6 cm³/mol. The van der Waals surface area contributed by atoms with Gasteiger partial charge in [0.25, 0.3) is 11.6 Å². The van der Waals surface area contributed by atoms with Crippen LogP contribution in [0.25, 0.3) is 0 Å². The molecule has 0 radical (unpaired) electrons. The molecule has 0 aliphatic carbocycles. The molecule has 2 saturated heterocycles. The fourth-order valence-corrected chi connectivity index (χ4v) is 2.68. The average Bonchev–Trinajstić information content (AvgIpc) is 2.88. The first kappa shape index (κ1) is 13.1. The van der Waals surface area contributed by atoms with Gasteiger partial charge in [-0.2, -0.15) is 0 Å². The molecular formula is C12H17N5O3. The fraction of sp³-hybridized carbons (Fsp3) is 0.583. The van der Waals surface area contributed by atoms with Gasteiger partial charge in [0.15, 0.2) is 0 Å². The van der Waals surface area contributed by atoms with Gasteiger partial charge in [-0.15, -0.1) is 0 Å². The lowest BCUT2D eigenvalue weighted by Gasteiger charge is -2.46. The Hall–Kier alpha value is -1.93. The summed E-state index contributed by atoms with van der Waals surface area (Å²) in [5.41, 5.74) is 0.211. The minimum atomic E-state index is -0.507. The normalized spacial score (nSPS) is 20.7. The molecule has 8 heteroatoms.